The number of rotatable bonds is 6. The molecule has 0 aromatic rings. The molecule has 15 heavy (non-hydrogen) atoms. The Morgan fingerprint density at radius 3 is 2.27 bits per heavy atom. The van der Waals surface area contributed by atoms with E-state index in [1.807, 2.05) is 11.9 Å². The summed E-state index contributed by atoms with van der Waals surface area (Å²) >= 11 is 0. The second-order valence-corrected chi connectivity index (χ2v) is 5.58. The summed E-state index contributed by atoms with van der Waals surface area (Å²) in [5.41, 5.74) is 0.317. The molecule has 0 heterocycles. The van der Waals surface area contributed by atoms with E-state index in [0.29, 0.717) is 17.7 Å². The van der Waals surface area contributed by atoms with E-state index in [1.165, 1.54) is 12.8 Å². The standard InChI is InChI=1S/C13H27NO/c1-6-7-8-9-12(15)14(5)11-10-13(2,3)4/h6-11H2,1-5H3. The fourth-order valence-electron chi connectivity index (χ4n) is 1.34. The van der Waals surface area contributed by atoms with Gasteiger partial charge in [0.2, 0.25) is 5.91 Å². The first kappa shape index (κ1) is 14.5. The molecular weight excluding hydrogens is 186 g/mol. The van der Waals surface area contributed by atoms with Gasteiger partial charge in [0, 0.05) is 20.0 Å². The highest BCUT2D eigenvalue weighted by molar-refractivity contribution is 5.75. The third-order valence-corrected chi connectivity index (χ3v) is 2.62. The van der Waals surface area contributed by atoms with E-state index in [9.17, 15) is 4.79 Å². The monoisotopic (exact) mass is 213 g/mol. The van der Waals surface area contributed by atoms with Crippen molar-refractivity contribution in [2.75, 3.05) is 13.6 Å². The zero-order valence-corrected chi connectivity index (χ0v) is 11.1. The fraction of sp³-hybridized carbons (Fsp3) is 0.923. The summed E-state index contributed by atoms with van der Waals surface area (Å²) < 4.78 is 0. The summed E-state index contributed by atoms with van der Waals surface area (Å²) in [6.45, 7) is 9.68. The number of hydrogen-bond acceptors (Lipinski definition) is 1. The number of unbranched alkanes of at least 4 members (excludes halogenated alkanes) is 2. The van der Waals surface area contributed by atoms with Gasteiger partial charge in [-0.1, -0.05) is 40.5 Å². The molecule has 0 aliphatic heterocycles. The van der Waals surface area contributed by atoms with Crippen LogP contribution in [0.4, 0.5) is 0 Å². The predicted octanol–water partition coefficient (Wildman–Crippen LogP) is 3.46. The van der Waals surface area contributed by atoms with Crippen molar-refractivity contribution in [1.82, 2.24) is 4.90 Å². The Labute approximate surface area is 95.0 Å². The van der Waals surface area contributed by atoms with Crippen LogP contribution in [0.1, 0.15) is 59.8 Å². The van der Waals surface area contributed by atoms with Crippen LogP contribution >= 0.6 is 0 Å². The van der Waals surface area contributed by atoms with Crippen molar-refractivity contribution >= 4 is 5.91 Å². The molecule has 0 saturated carbocycles. The number of hydrogen-bond donors (Lipinski definition) is 0. The molecule has 2 heteroatoms. The zero-order valence-electron chi connectivity index (χ0n) is 11.1. The Balaban J connectivity index is 3.70. The summed E-state index contributed by atoms with van der Waals surface area (Å²) in [4.78, 5) is 13.5. The molecule has 0 atom stereocenters. The molecule has 0 saturated heterocycles. The Hall–Kier alpha value is -0.530. The van der Waals surface area contributed by atoms with E-state index in [0.717, 1.165) is 19.4 Å². The van der Waals surface area contributed by atoms with Crippen LogP contribution in [0, 0.1) is 5.41 Å². The number of carbonyl (C=O) groups excluding carboxylic acids is 1. The molecule has 0 fully saturated rings. The fourth-order valence-corrected chi connectivity index (χ4v) is 1.34. The highest BCUT2D eigenvalue weighted by Gasteiger charge is 2.14. The lowest BCUT2D eigenvalue weighted by Gasteiger charge is -2.23. The molecule has 2 nitrogen and oxygen atoms in total. The maximum Gasteiger partial charge on any atom is 0.222 e. The van der Waals surface area contributed by atoms with Crippen molar-refractivity contribution in [3.8, 4) is 0 Å². The first-order valence-electron chi connectivity index (χ1n) is 6.11. The van der Waals surface area contributed by atoms with Crippen LogP contribution < -0.4 is 0 Å². The van der Waals surface area contributed by atoms with Crippen molar-refractivity contribution in [2.24, 2.45) is 5.41 Å². The van der Waals surface area contributed by atoms with E-state index < -0.39 is 0 Å². The second-order valence-electron chi connectivity index (χ2n) is 5.58. The van der Waals surface area contributed by atoms with E-state index in [2.05, 4.69) is 27.7 Å². The topological polar surface area (TPSA) is 20.3 Å². The molecule has 0 aromatic carbocycles. The average Bonchev–Trinajstić information content (AvgIpc) is 2.13. The minimum Gasteiger partial charge on any atom is -0.346 e. The lowest BCUT2D eigenvalue weighted by Crippen LogP contribution is -2.29. The molecule has 0 aromatic heterocycles. The van der Waals surface area contributed by atoms with Crippen LogP contribution in [0.5, 0.6) is 0 Å². The minimum atomic E-state index is 0.299. The minimum absolute atomic E-state index is 0.299. The molecule has 0 unspecified atom stereocenters. The summed E-state index contributed by atoms with van der Waals surface area (Å²) in [6.07, 6.45) is 5.17. The molecular formula is C13H27NO. The van der Waals surface area contributed by atoms with Crippen molar-refractivity contribution < 1.29 is 4.79 Å². The second kappa shape index (κ2) is 6.86. The molecule has 0 bridgehead atoms. The van der Waals surface area contributed by atoms with Crippen LogP contribution in [-0.2, 0) is 4.79 Å². The van der Waals surface area contributed by atoms with Crippen LogP contribution in [0.25, 0.3) is 0 Å². The molecule has 0 N–H and O–H groups in total. The van der Waals surface area contributed by atoms with E-state index >= 15 is 0 Å². The Kier molecular flexibility index (Phi) is 6.62. The van der Waals surface area contributed by atoms with Crippen LogP contribution in [-0.4, -0.2) is 24.4 Å². The maximum absolute atomic E-state index is 11.7. The third-order valence-electron chi connectivity index (χ3n) is 2.62. The molecule has 90 valence electrons. The highest BCUT2D eigenvalue weighted by atomic mass is 16.2. The van der Waals surface area contributed by atoms with Crippen molar-refractivity contribution in [3.05, 3.63) is 0 Å². The van der Waals surface area contributed by atoms with Gasteiger partial charge in [0.15, 0.2) is 0 Å². The zero-order chi connectivity index (χ0) is 11.9. The van der Waals surface area contributed by atoms with Gasteiger partial charge in [0.1, 0.15) is 0 Å². The Morgan fingerprint density at radius 1 is 1.20 bits per heavy atom. The lowest BCUT2D eigenvalue weighted by atomic mass is 9.92. The predicted molar refractivity (Wildman–Crippen MR) is 65.9 cm³/mol. The van der Waals surface area contributed by atoms with Gasteiger partial charge in [-0.15, -0.1) is 0 Å². The van der Waals surface area contributed by atoms with Crippen LogP contribution in [0.15, 0.2) is 0 Å². The van der Waals surface area contributed by atoms with Gasteiger partial charge in [-0.05, 0) is 18.3 Å². The molecule has 0 aliphatic carbocycles. The normalized spacial score (nSPS) is 11.5. The van der Waals surface area contributed by atoms with Gasteiger partial charge in [-0.25, -0.2) is 0 Å². The molecule has 1 amide bonds. The average molecular weight is 213 g/mol. The largest absolute Gasteiger partial charge is 0.346 e. The smallest absolute Gasteiger partial charge is 0.222 e. The van der Waals surface area contributed by atoms with E-state index in [-0.39, 0.29) is 0 Å². The number of nitrogens with zero attached hydrogens (tertiary/aromatic N) is 1. The van der Waals surface area contributed by atoms with Gasteiger partial charge < -0.3 is 4.90 Å². The first-order valence-corrected chi connectivity index (χ1v) is 6.11. The van der Waals surface area contributed by atoms with Gasteiger partial charge in [0.05, 0.1) is 0 Å². The van der Waals surface area contributed by atoms with E-state index in [4.69, 9.17) is 0 Å². The van der Waals surface area contributed by atoms with Gasteiger partial charge >= 0.3 is 0 Å². The van der Waals surface area contributed by atoms with Crippen molar-refractivity contribution in [3.63, 3.8) is 0 Å². The Morgan fingerprint density at radius 2 is 1.80 bits per heavy atom. The van der Waals surface area contributed by atoms with E-state index in [1.54, 1.807) is 0 Å². The lowest BCUT2D eigenvalue weighted by molar-refractivity contribution is -0.130. The Bertz CT molecular complexity index is 181. The summed E-state index contributed by atoms with van der Waals surface area (Å²) in [6, 6.07) is 0. The van der Waals surface area contributed by atoms with Crippen molar-refractivity contribution in [1.29, 1.82) is 0 Å². The quantitative estimate of drug-likeness (QED) is 0.619. The molecule has 0 spiro atoms. The number of amides is 1. The summed E-state index contributed by atoms with van der Waals surface area (Å²) in [5.74, 6) is 0.299. The highest BCUT2D eigenvalue weighted by Crippen LogP contribution is 2.18. The molecule has 0 rings (SSSR count). The molecule has 0 aliphatic rings. The van der Waals surface area contributed by atoms with Gasteiger partial charge in [0.25, 0.3) is 0 Å². The van der Waals surface area contributed by atoms with Crippen molar-refractivity contribution in [2.45, 2.75) is 59.8 Å². The first-order chi connectivity index (χ1) is 6.87. The third kappa shape index (κ3) is 8.46. The SMILES string of the molecule is CCCCCC(=O)N(C)CCC(C)(C)C. The van der Waals surface area contributed by atoms with Gasteiger partial charge in [-0.2, -0.15) is 0 Å². The summed E-state index contributed by atoms with van der Waals surface area (Å²) in [5, 5.41) is 0. The number of carbonyl (C=O) groups is 1. The van der Waals surface area contributed by atoms with Gasteiger partial charge in [-0.3, -0.25) is 4.79 Å². The maximum atomic E-state index is 11.7. The van der Waals surface area contributed by atoms with Crippen LogP contribution in [0.2, 0.25) is 0 Å². The van der Waals surface area contributed by atoms with Crippen LogP contribution in [0.3, 0.4) is 0 Å². The molecule has 0 radical (unpaired) electrons. The summed E-state index contributed by atoms with van der Waals surface area (Å²) in [7, 11) is 1.92.